The molecule has 0 spiro atoms. The fourth-order valence-corrected chi connectivity index (χ4v) is 10.4. The number of aromatic nitrogens is 1. The summed E-state index contributed by atoms with van der Waals surface area (Å²) in [4.78, 5) is 2.47. The molecule has 2 heteroatoms. The van der Waals surface area contributed by atoms with Crippen molar-refractivity contribution < 1.29 is 0 Å². The lowest BCUT2D eigenvalue weighted by Gasteiger charge is -2.35. The maximum absolute atomic E-state index is 2.47. The van der Waals surface area contributed by atoms with E-state index in [1.165, 1.54) is 71.9 Å². The molecule has 296 valence electrons. The Morgan fingerprint density at radius 3 is 1.52 bits per heavy atom. The van der Waals surface area contributed by atoms with Crippen LogP contribution in [-0.2, 0) is 5.41 Å². The molecule has 11 aromatic rings. The highest BCUT2D eigenvalue weighted by atomic mass is 15.1. The summed E-state index contributed by atoms with van der Waals surface area (Å²) in [6.45, 7) is 0. The van der Waals surface area contributed by atoms with Crippen LogP contribution < -0.4 is 4.90 Å². The van der Waals surface area contributed by atoms with E-state index in [4.69, 9.17) is 0 Å². The normalized spacial score (nSPS) is 12.6. The average Bonchev–Trinajstić information content (AvgIpc) is 3.86. The third-order valence-corrected chi connectivity index (χ3v) is 13.0. The van der Waals surface area contributed by atoms with Crippen molar-refractivity contribution in [1.29, 1.82) is 0 Å². The highest BCUT2D eigenvalue weighted by molar-refractivity contribution is 6.17. The molecule has 0 bridgehead atoms. The first kappa shape index (κ1) is 36.6. The van der Waals surface area contributed by atoms with Crippen LogP contribution in [0.4, 0.5) is 17.1 Å². The number of rotatable bonds is 8. The molecule has 1 aromatic heterocycles. The second kappa shape index (κ2) is 15.1. The molecular weight excluding hydrogens is 761 g/mol. The zero-order chi connectivity index (χ0) is 41.7. The van der Waals surface area contributed by atoms with E-state index in [9.17, 15) is 0 Å². The Morgan fingerprint density at radius 2 is 0.841 bits per heavy atom. The predicted molar refractivity (Wildman–Crippen MR) is 264 cm³/mol. The Kier molecular flexibility index (Phi) is 8.76. The number of anilines is 3. The quantitative estimate of drug-likeness (QED) is 0.149. The molecule has 1 aliphatic carbocycles. The molecule has 10 aromatic carbocycles. The standard InChI is InChI=1S/C61H42N2/c1-6-20-43(21-7-1)44-34-36-49(37-35-44)62(50-38-39-53-52-30-16-18-32-56(52)61(57(53)41-50,46-24-10-3-11-25-46)47-26-12-4-13-27-47)51-40-55(45-22-8-2-9-23-45)60-54-31-17-19-33-58(54)63(59(60)42-51)48-28-14-5-15-29-48/h1-42H. The summed E-state index contributed by atoms with van der Waals surface area (Å²) in [7, 11) is 0. The van der Waals surface area contributed by atoms with Crippen LogP contribution in [0.1, 0.15) is 22.3 Å². The monoisotopic (exact) mass is 802 g/mol. The summed E-state index contributed by atoms with van der Waals surface area (Å²) < 4.78 is 2.44. The van der Waals surface area contributed by atoms with Crippen molar-refractivity contribution in [3.8, 4) is 39.1 Å². The highest BCUT2D eigenvalue weighted by Gasteiger charge is 2.46. The van der Waals surface area contributed by atoms with Crippen molar-refractivity contribution in [2.24, 2.45) is 0 Å². The zero-order valence-electron chi connectivity index (χ0n) is 34.6. The molecule has 2 nitrogen and oxygen atoms in total. The predicted octanol–water partition coefficient (Wildman–Crippen LogP) is 16.0. The molecule has 0 radical (unpaired) electrons. The third kappa shape index (κ3) is 5.87. The van der Waals surface area contributed by atoms with Crippen LogP contribution in [0.25, 0.3) is 60.9 Å². The Hall–Kier alpha value is -8.20. The van der Waals surface area contributed by atoms with E-state index in [0.717, 1.165) is 28.3 Å². The second-order valence-corrected chi connectivity index (χ2v) is 16.4. The first-order valence-electron chi connectivity index (χ1n) is 21.8. The van der Waals surface area contributed by atoms with E-state index in [0.29, 0.717) is 0 Å². The number of para-hydroxylation sites is 2. The van der Waals surface area contributed by atoms with Gasteiger partial charge in [-0.15, -0.1) is 0 Å². The van der Waals surface area contributed by atoms with Crippen LogP contribution in [0.2, 0.25) is 0 Å². The molecular formula is C61H42N2. The van der Waals surface area contributed by atoms with Gasteiger partial charge in [-0.25, -0.2) is 0 Å². The van der Waals surface area contributed by atoms with Crippen LogP contribution in [0.15, 0.2) is 255 Å². The van der Waals surface area contributed by atoms with Crippen LogP contribution in [-0.4, -0.2) is 4.57 Å². The van der Waals surface area contributed by atoms with Gasteiger partial charge in [-0.05, 0) is 110 Å². The van der Waals surface area contributed by atoms with E-state index < -0.39 is 5.41 Å². The molecule has 12 rings (SSSR count). The van der Waals surface area contributed by atoms with E-state index in [-0.39, 0.29) is 0 Å². The van der Waals surface area contributed by atoms with Gasteiger partial charge in [-0.2, -0.15) is 0 Å². The summed E-state index contributed by atoms with van der Waals surface area (Å²) in [5.41, 5.74) is 18.5. The van der Waals surface area contributed by atoms with Crippen molar-refractivity contribution in [2.45, 2.75) is 5.41 Å². The second-order valence-electron chi connectivity index (χ2n) is 16.4. The van der Waals surface area contributed by atoms with E-state index in [2.05, 4.69) is 264 Å². The number of nitrogens with zero attached hydrogens (tertiary/aromatic N) is 2. The van der Waals surface area contributed by atoms with Gasteiger partial charge in [0.05, 0.1) is 16.4 Å². The molecule has 0 saturated carbocycles. The van der Waals surface area contributed by atoms with Crippen molar-refractivity contribution in [2.75, 3.05) is 4.90 Å². The molecule has 0 fully saturated rings. The maximum Gasteiger partial charge on any atom is 0.0714 e. The van der Waals surface area contributed by atoms with Gasteiger partial charge < -0.3 is 9.47 Å². The van der Waals surface area contributed by atoms with Gasteiger partial charge in [0.25, 0.3) is 0 Å². The molecule has 0 unspecified atom stereocenters. The molecule has 0 aliphatic heterocycles. The summed E-state index contributed by atoms with van der Waals surface area (Å²) in [5, 5.41) is 2.46. The minimum atomic E-state index is -0.536. The fourth-order valence-electron chi connectivity index (χ4n) is 10.4. The smallest absolute Gasteiger partial charge is 0.0714 e. The van der Waals surface area contributed by atoms with Gasteiger partial charge >= 0.3 is 0 Å². The van der Waals surface area contributed by atoms with Gasteiger partial charge in [0.15, 0.2) is 0 Å². The molecule has 0 amide bonds. The van der Waals surface area contributed by atoms with Crippen LogP contribution >= 0.6 is 0 Å². The van der Waals surface area contributed by atoms with Gasteiger partial charge in [-0.1, -0.05) is 200 Å². The molecule has 0 saturated heterocycles. The summed E-state index contributed by atoms with van der Waals surface area (Å²) in [6, 6.07) is 93.4. The average molecular weight is 803 g/mol. The Labute approximate surface area is 368 Å². The minimum absolute atomic E-state index is 0.536. The largest absolute Gasteiger partial charge is 0.310 e. The number of fused-ring (bicyclic) bond motifs is 6. The number of benzene rings is 10. The summed E-state index contributed by atoms with van der Waals surface area (Å²) in [5.74, 6) is 0. The Morgan fingerprint density at radius 1 is 0.317 bits per heavy atom. The minimum Gasteiger partial charge on any atom is -0.310 e. The van der Waals surface area contributed by atoms with E-state index in [1.54, 1.807) is 0 Å². The van der Waals surface area contributed by atoms with Crippen molar-refractivity contribution in [3.05, 3.63) is 277 Å². The zero-order valence-corrected chi connectivity index (χ0v) is 34.6. The third-order valence-electron chi connectivity index (χ3n) is 13.0. The molecule has 0 atom stereocenters. The Bertz CT molecular complexity index is 3370. The highest BCUT2D eigenvalue weighted by Crippen LogP contribution is 2.57. The maximum atomic E-state index is 2.47. The van der Waals surface area contributed by atoms with Gasteiger partial charge in [0.2, 0.25) is 0 Å². The lowest BCUT2D eigenvalue weighted by molar-refractivity contribution is 0.768. The lowest BCUT2D eigenvalue weighted by atomic mass is 9.67. The molecule has 63 heavy (non-hydrogen) atoms. The lowest BCUT2D eigenvalue weighted by Crippen LogP contribution is -2.28. The first-order chi connectivity index (χ1) is 31.3. The van der Waals surface area contributed by atoms with E-state index in [1.807, 2.05) is 0 Å². The fraction of sp³-hybridized carbons (Fsp3) is 0.0164. The topological polar surface area (TPSA) is 8.17 Å². The van der Waals surface area contributed by atoms with Gasteiger partial charge in [-0.3, -0.25) is 0 Å². The van der Waals surface area contributed by atoms with Crippen molar-refractivity contribution in [1.82, 2.24) is 4.57 Å². The number of hydrogen-bond donors (Lipinski definition) is 0. The van der Waals surface area contributed by atoms with Crippen molar-refractivity contribution >= 4 is 38.9 Å². The van der Waals surface area contributed by atoms with Crippen LogP contribution in [0, 0.1) is 0 Å². The van der Waals surface area contributed by atoms with Crippen LogP contribution in [0.3, 0.4) is 0 Å². The SMILES string of the molecule is c1ccc(-c2ccc(N(c3ccc4c(c3)C(c3ccccc3)(c3ccccc3)c3ccccc3-4)c3cc(-c4ccccc4)c4c5ccccc5n(-c5ccccc5)c4c3)cc2)cc1. The van der Waals surface area contributed by atoms with E-state index >= 15 is 0 Å². The summed E-state index contributed by atoms with van der Waals surface area (Å²) >= 11 is 0. The number of hydrogen-bond acceptors (Lipinski definition) is 1. The summed E-state index contributed by atoms with van der Waals surface area (Å²) in [6.07, 6.45) is 0. The van der Waals surface area contributed by atoms with Crippen molar-refractivity contribution in [3.63, 3.8) is 0 Å². The molecule has 1 heterocycles. The molecule has 1 aliphatic rings. The molecule has 0 N–H and O–H groups in total. The van der Waals surface area contributed by atoms with Crippen LogP contribution in [0.5, 0.6) is 0 Å². The Balaban J connectivity index is 1.17. The van der Waals surface area contributed by atoms with Gasteiger partial charge in [0, 0.05) is 33.5 Å². The first-order valence-corrected chi connectivity index (χ1v) is 21.8. The van der Waals surface area contributed by atoms with Gasteiger partial charge in [0.1, 0.15) is 0 Å².